The first-order valence-corrected chi connectivity index (χ1v) is 13.3. The summed E-state index contributed by atoms with van der Waals surface area (Å²) in [6, 6.07) is -0.0516. The maximum absolute atomic E-state index is 13.2. The summed E-state index contributed by atoms with van der Waals surface area (Å²) in [6.45, 7) is 9.40. The van der Waals surface area contributed by atoms with Gasteiger partial charge >= 0.3 is 5.97 Å². The van der Waals surface area contributed by atoms with Crippen molar-refractivity contribution in [3.8, 4) is 12.3 Å². The molecule has 0 saturated heterocycles. The van der Waals surface area contributed by atoms with Gasteiger partial charge in [-0.1, -0.05) is 27.2 Å². The Morgan fingerprint density at radius 2 is 2.00 bits per heavy atom. The molecule has 1 N–H and O–H groups in total. The van der Waals surface area contributed by atoms with E-state index in [9.17, 15) is 14.7 Å². The normalized spacial score (nSPS) is 12.9. The van der Waals surface area contributed by atoms with Crippen molar-refractivity contribution in [1.29, 1.82) is 0 Å². The maximum Gasteiger partial charge on any atom is 0.357 e. The summed E-state index contributed by atoms with van der Waals surface area (Å²) in [5, 5.41) is 11.6. The quantitative estimate of drug-likeness (QED) is 0.176. The molecule has 34 heavy (non-hydrogen) atoms. The van der Waals surface area contributed by atoms with E-state index in [0.717, 1.165) is 25.7 Å². The number of carbonyl (C=O) groups is 2. The van der Waals surface area contributed by atoms with Crippen LogP contribution in [0.25, 0.3) is 0 Å². The van der Waals surface area contributed by atoms with Crippen LogP contribution in [0.5, 0.6) is 0 Å². The predicted octanol–water partition coefficient (Wildman–Crippen LogP) is 5.00. The van der Waals surface area contributed by atoms with Crippen molar-refractivity contribution in [2.75, 3.05) is 26.4 Å². The van der Waals surface area contributed by atoms with E-state index >= 15 is 0 Å². The summed E-state index contributed by atoms with van der Waals surface area (Å²) in [7, 11) is 0. The molecule has 0 bridgehead atoms. The molecular formula is C26H42N2O5S. The fourth-order valence-corrected chi connectivity index (χ4v) is 4.55. The summed E-state index contributed by atoms with van der Waals surface area (Å²) in [5.41, 5.74) is 0.267. The average molecular weight is 495 g/mol. The summed E-state index contributed by atoms with van der Waals surface area (Å²) in [5.74, 6) is 2.57. The van der Waals surface area contributed by atoms with E-state index in [-0.39, 0.29) is 42.9 Å². The zero-order valence-corrected chi connectivity index (χ0v) is 22.1. The lowest BCUT2D eigenvalue weighted by Crippen LogP contribution is -2.45. The fraction of sp³-hybridized carbons (Fsp3) is 0.731. The maximum atomic E-state index is 13.2. The largest absolute Gasteiger partial charge is 0.461 e. The Morgan fingerprint density at radius 3 is 2.62 bits per heavy atom. The van der Waals surface area contributed by atoms with Gasteiger partial charge in [0.2, 0.25) is 5.91 Å². The molecule has 0 aliphatic heterocycles. The van der Waals surface area contributed by atoms with Gasteiger partial charge in [0.15, 0.2) is 5.69 Å². The highest BCUT2D eigenvalue weighted by Crippen LogP contribution is 2.31. The van der Waals surface area contributed by atoms with E-state index < -0.39 is 5.97 Å². The van der Waals surface area contributed by atoms with Crippen molar-refractivity contribution in [3.05, 3.63) is 16.1 Å². The van der Waals surface area contributed by atoms with Crippen molar-refractivity contribution < 1.29 is 24.2 Å². The number of terminal acetylenes is 1. The molecule has 1 aromatic rings. The van der Waals surface area contributed by atoms with Crippen molar-refractivity contribution in [2.24, 2.45) is 5.92 Å². The Labute approximate surface area is 209 Å². The molecule has 0 aromatic carbocycles. The van der Waals surface area contributed by atoms with Crippen LogP contribution in [0.1, 0.15) is 101 Å². The highest BCUT2D eigenvalue weighted by atomic mass is 32.1. The molecule has 0 fully saturated rings. The van der Waals surface area contributed by atoms with Gasteiger partial charge in [0, 0.05) is 50.4 Å². The standard InChI is InChI=1S/C26H42N2O5S/c1-6-9-11-12-15-28(24(30)14-10-7-2)22(20(4)5)18-23(33-17-13-16-29)25-27-21(19-34-25)26(31)32-8-3/h1,19-20,22-23,29H,7-18H2,2-5H3. The highest BCUT2D eigenvalue weighted by molar-refractivity contribution is 7.09. The fourth-order valence-electron chi connectivity index (χ4n) is 3.70. The number of rotatable bonds is 18. The lowest BCUT2D eigenvalue weighted by molar-refractivity contribution is -0.136. The monoisotopic (exact) mass is 494 g/mol. The SMILES string of the molecule is C#CCCCCN(C(=O)CCCC)C(CC(OCCCO)c1nc(C(=O)OCC)cs1)C(C)C. The van der Waals surface area contributed by atoms with Gasteiger partial charge in [0.25, 0.3) is 0 Å². The van der Waals surface area contributed by atoms with Crippen LogP contribution >= 0.6 is 11.3 Å². The molecule has 0 spiro atoms. The lowest BCUT2D eigenvalue weighted by atomic mass is 9.95. The molecule has 2 atom stereocenters. The number of aliphatic hydroxyl groups excluding tert-OH is 1. The van der Waals surface area contributed by atoms with E-state index in [1.54, 1.807) is 12.3 Å². The van der Waals surface area contributed by atoms with E-state index in [1.165, 1.54) is 11.3 Å². The summed E-state index contributed by atoms with van der Waals surface area (Å²) in [4.78, 5) is 31.8. The number of thiazole rings is 1. The van der Waals surface area contributed by atoms with Crippen molar-refractivity contribution in [2.45, 2.75) is 91.2 Å². The van der Waals surface area contributed by atoms with Gasteiger partial charge in [-0.15, -0.1) is 23.7 Å². The van der Waals surface area contributed by atoms with Crippen molar-refractivity contribution in [1.82, 2.24) is 9.88 Å². The number of aromatic nitrogens is 1. The molecule has 2 unspecified atom stereocenters. The molecule has 1 amide bonds. The Morgan fingerprint density at radius 1 is 1.24 bits per heavy atom. The Hall–Kier alpha value is -1.95. The molecule has 0 aliphatic rings. The molecule has 1 heterocycles. The van der Waals surface area contributed by atoms with E-state index in [0.29, 0.717) is 43.8 Å². The number of nitrogens with zero attached hydrogens (tertiary/aromatic N) is 2. The molecule has 1 aromatic heterocycles. The third kappa shape index (κ3) is 10.5. The minimum Gasteiger partial charge on any atom is -0.461 e. The number of hydrogen-bond donors (Lipinski definition) is 1. The molecule has 192 valence electrons. The molecule has 8 heteroatoms. The van der Waals surface area contributed by atoms with Gasteiger partial charge in [-0.25, -0.2) is 9.78 Å². The van der Waals surface area contributed by atoms with Crippen molar-refractivity contribution >= 4 is 23.2 Å². The Balaban J connectivity index is 3.14. The van der Waals surface area contributed by atoms with Crippen LogP contribution in [0.4, 0.5) is 0 Å². The van der Waals surface area contributed by atoms with Crippen LogP contribution in [0.2, 0.25) is 0 Å². The highest BCUT2D eigenvalue weighted by Gasteiger charge is 2.31. The number of carbonyl (C=O) groups excluding carboxylic acids is 2. The molecule has 0 aliphatic carbocycles. The topological polar surface area (TPSA) is 89.0 Å². The first-order chi connectivity index (χ1) is 16.4. The van der Waals surface area contributed by atoms with Gasteiger partial charge < -0.3 is 19.5 Å². The van der Waals surface area contributed by atoms with Gasteiger partial charge in [0.1, 0.15) is 11.1 Å². The van der Waals surface area contributed by atoms with Crippen molar-refractivity contribution in [3.63, 3.8) is 0 Å². The second-order valence-electron chi connectivity index (χ2n) is 8.63. The number of ether oxygens (including phenoxy) is 2. The van der Waals surface area contributed by atoms with Crippen LogP contribution in [-0.4, -0.2) is 59.3 Å². The molecular weight excluding hydrogens is 452 g/mol. The Kier molecular flexibility index (Phi) is 15.5. The zero-order valence-electron chi connectivity index (χ0n) is 21.3. The van der Waals surface area contributed by atoms with Crippen LogP contribution in [0.15, 0.2) is 5.38 Å². The van der Waals surface area contributed by atoms with Crippen LogP contribution in [0.3, 0.4) is 0 Å². The van der Waals surface area contributed by atoms with Crippen LogP contribution in [-0.2, 0) is 14.3 Å². The summed E-state index contributed by atoms with van der Waals surface area (Å²) in [6.07, 6.45) is 10.9. The van der Waals surface area contributed by atoms with E-state index in [1.807, 2.05) is 4.90 Å². The zero-order chi connectivity index (χ0) is 25.3. The van der Waals surface area contributed by atoms with Crippen LogP contribution < -0.4 is 0 Å². The summed E-state index contributed by atoms with van der Waals surface area (Å²) < 4.78 is 11.2. The molecule has 0 saturated carbocycles. The molecule has 7 nitrogen and oxygen atoms in total. The van der Waals surface area contributed by atoms with Gasteiger partial charge in [-0.05, 0) is 38.5 Å². The predicted molar refractivity (Wildman–Crippen MR) is 136 cm³/mol. The van der Waals surface area contributed by atoms with Gasteiger partial charge in [0.05, 0.1) is 6.61 Å². The number of esters is 1. The minimum absolute atomic E-state index is 0.0308. The smallest absolute Gasteiger partial charge is 0.357 e. The number of unbranched alkanes of at least 4 members (excludes halogenated alkanes) is 3. The minimum atomic E-state index is -0.454. The van der Waals surface area contributed by atoms with E-state index in [4.69, 9.17) is 15.9 Å². The molecule has 1 rings (SSSR count). The van der Waals surface area contributed by atoms with E-state index in [2.05, 4.69) is 31.7 Å². The Bertz CT molecular complexity index is 759. The summed E-state index contributed by atoms with van der Waals surface area (Å²) >= 11 is 1.36. The third-order valence-electron chi connectivity index (χ3n) is 5.56. The second-order valence-corrected chi connectivity index (χ2v) is 9.52. The van der Waals surface area contributed by atoms with Gasteiger partial charge in [-0.2, -0.15) is 0 Å². The number of hydrogen-bond acceptors (Lipinski definition) is 7. The van der Waals surface area contributed by atoms with Crippen LogP contribution in [0, 0.1) is 18.3 Å². The molecule has 0 radical (unpaired) electrons. The first kappa shape index (κ1) is 30.1. The number of amides is 1. The first-order valence-electron chi connectivity index (χ1n) is 12.5. The second kappa shape index (κ2) is 17.5. The average Bonchev–Trinajstić information content (AvgIpc) is 3.31. The third-order valence-corrected chi connectivity index (χ3v) is 6.50. The van der Waals surface area contributed by atoms with Gasteiger partial charge in [-0.3, -0.25) is 4.79 Å². The number of aliphatic hydroxyl groups is 1. The lowest BCUT2D eigenvalue weighted by Gasteiger charge is -2.36.